The maximum atomic E-state index is 7.83. The number of fused-ring (bicyclic) bond motifs is 2. The Labute approximate surface area is 54.7 Å². The predicted octanol–water partition coefficient (Wildman–Crippen LogP) is 1.29. The van der Waals surface area contributed by atoms with Crippen LogP contribution in [0.5, 0.6) is 0 Å². The van der Waals surface area contributed by atoms with E-state index in [0.717, 1.165) is 12.8 Å². The zero-order valence-corrected chi connectivity index (χ0v) is 4.91. The molecule has 0 aromatic heterocycles. The molecule has 0 radical (unpaired) electrons. The number of piperidine rings is 1. The minimum absolute atomic E-state index is 0.413. The average Bonchev–Trinajstić information content (AvgIpc) is 2.25. The Morgan fingerprint density at radius 3 is 3.38 bits per heavy atom. The molecular formula is C7H13N. The van der Waals surface area contributed by atoms with Crippen LogP contribution in [0.3, 0.4) is 0 Å². The molecule has 2 atom stereocenters. The predicted molar refractivity (Wildman–Crippen MR) is 33.8 cm³/mol. The molecule has 2 aliphatic heterocycles. The Balaban J connectivity index is 2.27. The van der Waals surface area contributed by atoms with E-state index < -0.39 is 12.4 Å². The lowest BCUT2D eigenvalue weighted by Gasteiger charge is -2.19. The van der Waals surface area contributed by atoms with Gasteiger partial charge < -0.3 is 5.32 Å². The molecule has 0 aromatic carbocycles. The minimum atomic E-state index is -1.32. The first-order chi connectivity index (χ1) is 5.04. The molecule has 0 saturated carbocycles. The van der Waals surface area contributed by atoms with Crippen LogP contribution in [0.15, 0.2) is 0 Å². The first-order valence-corrected chi connectivity index (χ1v) is 3.31. The van der Waals surface area contributed by atoms with Gasteiger partial charge in [-0.25, -0.2) is 0 Å². The molecular weight excluding hydrogens is 98.1 g/mol. The molecule has 2 saturated heterocycles. The van der Waals surface area contributed by atoms with Crippen LogP contribution in [0.1, 0.15) is 36.2 Å². The van der Waals surface area contributed by atoms with Crippen molar-refractivity contribution in [2.45, 2.75) is 44.1 Å². The summed E-state index contributed by atoms with van der Waals surface area (Å²) in [6.07, 6.45) is 1.77. The van der Waals surface area contributed by atoms with Crippen molar-refractivity contribution in [3.05, 3.63) is 0 Å². The van der Waals surface area contributed by atoms with Crippen molar-refractivity contribution in [1.82, 2.24) is 5.32 Å². The van der Waals surface area contributed by atoms with Crippen molar-refractivity contribution in [3.8, 4) is 0 Å². The topological polar surface area (TPSA) is 12.0 Å². The maximum absolute atomic E-state index is 7.83. The minimum Gasteiger partial charge on any atom is -0.311 e. The summed E-state index contributed by atoms with van der Waals surface area (Å²) >= 11 is 0. The lowest BCUT2D eigenvalue weighted by molar-refractivity contribution is 0.406. The average molecular weight is 114 g/mol. The molecule has 1 N–H and O–H groups in total. The van der Waals surface area contributed by atoms with E-state index in [1.807, 2.05) is 0 Å². The molecule has 1 nitrogen and oxygen atoms in total. The van der Waals surface area contributed by atoms with Gasteiger partial charge in [0.15, 0.2) is 0 Å². The molecule has 0 amide bonds. The SMILES string of the molecule is [2H]C1([2H])CCC2CCC1([2H])N2. The second-order valence-electron chi connectivity index (χ2n) is 2.57. The first kappa shape index (κ1) is 2.70. The monoisotopic (exact) mass is 114 g/mol. The van der Waals surface area contributed by atoms with Gasteiger partial charge in [0.1, 0.15) is 0 Å². The van der Waals surface area contributed by atoms with Crippen LogP contribution in [0.2, 0.25) is 0 Å². The molecule has 2 bridgehead atoms. The second kappa shape index (κ2) is 1.73. The third-order valence-electron chi connectivity index (χ3n) is 1.95. The molecule has 2 unspecified atom stereocenters. The van der Waals surface area contributed by atoms with E-state index in [-0.39, 0.29) is 0 Å². The fourth-order valence-corrected chi connectivity index (χ4v) is 1.46. The van der Waals surface area contributed by atoms with Crippen molar-refractivity contribution in [2.75, 3.05) is 0 Å². The van der Waals surface area contributed by atoms with Crippen molar-refractivity contribution < 1.29 is 4.11 Å². The summed E-state index contributed by atoms with van der Waals surface area (Å²) in [5.41, 5.74) is 0. The van der Waals surface area contributed by atoms with Gasteiger partial charge in [0.25, 0.3) is 0 Å². The molecule has 1 heteroatoms. The highest BCUT2D eigenvalue weighted by Gasteiger charge is 2.26. The van der Waals surface area contributed by atoms with Crippen molar-refractivity contribution >= 4 is 0 Å². The van der Waals surface area contributed by atoms with E-state index in [0.29, 0.717) is 18.9 Å². The molecule has 8 heavy (non-hydrogen) atoms. The van der Waals surface area contributed by atoms with Gasteiger partial charge in [-0.05, 0) is 25.6 Å². The highest BCUT2D eigenvalue weighted by atomic mass is 15.0. The third kappa shape index (κ3) is 0.655. The fourth-order valence-electron chi connectivity index (χ4n) is 1.46. The number of nitrogens with one attached hydrogen (secondary N) is 1. The number of hydrogen-bond acceptors (Lipinski definition) is 1. The molecule has 46 valence electrons. The molecule has 0 aromatic rings. The van der Waals surface area contributed by atoms with Gasteiger partial charge in [0, 0.05) is 16.2 Å². The van der Waals surface area contributed by atoms with Crippen molar-refractivity contribution in [1.29, 1.82) is 0 Å². The molecule has 0 aliphatic carbocycles. The zero-order valence-electron chi connectivity index (χ0n) is 7.91. The highest BCUT2D eigenvalue weighted by molar-refractivity contribution is 4.87. The molecule has 2 fully saturated rings. The maximum Gasteiger partial charge on any atom is 0.0465 e. The summed E-state index contributed by atoms with van der Waals surface area (Å²) in [7, 11) is 0. The van der Waals surface area contributed by atoms with Gasteiger partial charge in [-0.2, -0.15) is 0 Å². The standard InChI is InChI=1S/C7H13N/c1-2-6-4-5-7(3-1)8-6/h6-8H,1-5H2/i2D2,6D. The summed E-state index contributed by atoms with van der Waals surface area (Å²) < 4.78 is 23.1. The summed E-state index contributed by atoms with van der Waals surface area (Å²) in [5, 5.41) is 3.05. The van der Waals surface area contributed by atoms with Crippen LogP contribution in [0, 0.1) is 0 Å². The smallest absolute Gasteiger partial charge is 0.0465 e. The lowest BCUT2D eigenvalue weighted by atomic mass is 10.1. The van der Waals surface area contributed by atoms with E-state index in [1.165, 1.54) is 0 Å². The van der Waals surface area contributed by atoms with Crippen LogP contribution in [-0.2, 0) is 0 Å². The Bertz CT molecular complexity index is 183. The van der Waals surface area contributed by atoms with Gasteiger partial charge in [-0.3, -0.25) is 0 Å². The number of hydrogen-bond donors (Lipinski definition) is 1. The zero-order chi connectivity index (χ0) is 8.11. The summed E-state index contributed by atoms with van der Waals surface area (Å²) in [6.45, 7) is 0. The fraction of sp³-hybridized carbons (Fsp3) is 1.00. The third-order valence-corrected chi connectivity index (χ3v) is 1.95. The Morgan fingerprint density at radius 1 is 1.50 bits per heavy atom. The Kier molecular flexibility index (Phi) is 0.582. The van der Waals surface area contributed by atoms with Gasteiger partial charge in [-0.15, -0.1) is 0 Å². The van der Waals surface area contributed by atoms with E-state index in [9.17, 15) is 0 Å². The van der Waals surface area contributed by atoms with Crippen molar-refractivity contribution in [2.24, 2.45) is 0 Å². The van der Waals surface area contributed by atoms with Gasteiger partial charge >= 0.3 is 0 Å². The Hall–Kier alpha value is -0.0400. The number of rotatable bonds is 0. The highest BCUT2D eigenvalue weighted by Crippen LogP contribution is 2.25. The summed E-state index contributed by atoms with van der Waals surface area (Å²) in [4.78, 5) is 0. The normalized spacial score (nSPS) is 66.0. The van der Waals surface area contributed by atoms with Gasteiger partial charge in [-0.1, -0.05) is 6.42 Å². The van der Waals surface area contributed by atoms with E-state index >= 15 is 0 Å². The molecule has 2 heterocycles. The molecule has 2 rings (SSSR count). The van der Waals surface area contributed by atoms with E-state index in [2.05, 4.69) is 5.32 Å². The first-order valence-electron chi connectivity index (χ1n) is 4.81. The lowest BCUT2D eigenvalue weighted by Crippen LogP contribution is -2.33. The molecule has 2 aliphatic rings. The van der Waals surface area contributed by atoms with Crippen LogP contribution in [0.4, 0.5) is 0 Å². The van der Waals surface area contributed by atoms with Crippen molar-refractivity contribution in [3.63, 3.8) is 0 Å². The van der Waals surface area contributed by atoms with Crippen LogP contribution in [-0.4, -0.2) is 12.1 Å². The van der Waals surface area contributed by atoms with Gasteiger partial charge in [0.05, 0.1) is 0 Å². The summed E-state index contributed by atoms with van der Waals surface area (Å²) in [6, 6.07) is -0.563. The van der Waals surface area contributed by atoms with Crippen LogP contribution >= 0.6 is 0 Å². The van der Waals surface area contributed by atoms with E-state index in [4.69, 9.17) is 4.11 Å². The van der Waals surface area contributed by atoms with E-state index in [1.54, 1.807) is 0 Å². The second-order valence-corrected chi connectivity index (χ2v) is 2.57. The molecule has 0 spiro atoms. The Morgan fingerprint density at radius 2 is 2.50 bits per heavy atom. The summed E-state index contributed by atoms with van der Waals surface area (Å²) in [5.74, 6) is 0. The largest absolute Gasteiger partial charge is 0.311 e. The van der Waals surface area contributed by atoms with Gasteiger partial charge in [0.2, 0.25) is 0 Å². The van der Waals surface area contributed by atoms with Crippen LogP contribution < -0.4 is 5.32 Å². The quantitative estimate of drug-likeness (QED) is 0.500. The van der Waals surface area contributed by atoms with Crippen LogP contribution in [0.25, 0.3) is 0 Å².